The minimum Gasteiger partial charge on any atom is -0.497 e. The van der Waals surface area contributed by atoms with Crippen molar-refractivity contribution in [1.82, 2.24) is 5.32 Å². The van der Waals surface area contributed by atoms with Gasteiger partial charge in [-0.25, -0.2) is 4.39 Å². The molecular formula is C19H19FN2O3. The fourth-order valence-corrected chi connectivity index (χ4v) is 2.61. The lowest BCUT2D eigenvalue weighted by atomic mass is 10.0. The number of amides is 1. The maximum atomic E-state index is 13.0. The molecule has 1 aliphatic heterocycles. The number of nitrogens with zero attached hydrogens (tertiary/aromatic N) is 1. The Bertz CT molecular complexity index is 772. The van der Waals surface area contributed by atoms with Gasteiger partial charge in [-0.1, -0.05) is 29.4 Å². The topological polar surface area (TPSA) is 59.9 Å². The fraction of sp³-hybridized carbons (Fsp3) is 0.263. The van der Waals surface area contributed by atoms with Crippen molar-refractivity contribution >= 4 is 11.6 Å². The number of halogens is 1. The van der Waals surface area contributed by atoms with Gasteiger partial charge in [0.15, 0.2) is 0 Å². The van der Waals surface area contributed by atoms with Gasteiger partial charge in [-0.2, -0.15) is 0 Å². The Morgan fingerprint density at radius 3 is 2.56 bits per heavy atom. The lowest BCUT2D eigenvalue weighted by Crippen LogP contribution is -2.36. The van der Waals surface area contributed by atoms with E-state index in [1.54, 1.807) is 19.2 Å². The van der Waals surface area contributed by atoms with Crippen molar-refractivity contribution in [3.05, 3.63) is 65.5 Å². The lowest BCUT2D eigenvalue weighted by Gasteiger charge is -2.16. The van der Waals surface area contributed by atoms with E-state index in [-0.39, 0.29) is 17.8 Å². The molecule has 2 aromatic carbocycles. The van der Waals surface area contributed by atoms with Crippen molar-refractivity contribution in [2.75, 3.05) is 7.11 Å². The molecule has 2 aromatic rings. The van der Waals surface area contributed by atoms with Crippen molar-refractivity contribution in [2.45, 2.75) is 25.5 Å². The summed E-state index contributed by atoms with van der Waals surface area (Å²) in [7, 11) is 1.61. The van der Waals surface area contributed by atoms with E-state index in [1.165, 1.54) is 12.1 Å². The van der Waals surface area contributed by atoms with E-state index in [9.17, 15) is 9.18 Å². The van der Waals surface area contributed by atoms with Crippen molar-refractivity contribution in [3.8, 4) is 5.75 Å². The van der Waals surface area contributed by atoms with Crippen LogP contribution in [-0.4, -0.2) is 24.8 Å². The van der Waals surface area contributed by atoms with E-state index in [2.05, 4.69) is 10.5 Å². The summed E-state index contributed by atoms with van der Waals surface area (Å²) in [5.41, 5.74) is 2.35. The molecular weight excluding hydrogens is 323 g/mol. The van der Waals surface area contributed by atoms with Gasteiger partial charge in [0.25, 0.3) is 5.91 Å². The number of nitrogens with one attached hydrogen (secondary N) is 1. The highest BCUT2D eigenvalue weighted by Gasteiger charge is 2.29. The van der Waals surface area contributed by atoms with Crippen LogP contribution in [0.1, 0.15) is 30.5 Å². The second-order valence-electron chi connectivity index (χ2n) is 5.85. The van der Waals surface area contributed by atoms with Crippen LogP contribution in [0.2, 0.25) is 0 Å². The molecule has 1 aliphatic rings. The fourth-order valence-electron chi connectivity index (χ4n) is 2.61. The molecule has 1 amide bonds. The van der Waals surface area contributed by atoms with Gasteiger partial charge in [-0.3, -0.25) is 4.79 Å². The molecule has 0 aliphatic carbocycles. The molecule has 0 radical (unpaired) electrons. The van der Waals surface area contributed by atoms with Crippen LogP contribution in [0.15, 0.2) is 53.7 Å². The van der Waals surface area contributed by atoms with Gasteiger partial charge in [0, 0.05) is 6.42 Å². The molecule has 0 aromatic heterocycles. The van der Waals surface area contributed by atoms with Crippen LogP contribution < -0.4 is 10.1 Å². The Morgan fingerprint density at radius 2 is 1.92 bits per heavy atom. The van der Waals surface area contributed by atoms with E-state index < -0.39 is 6.10 Å². The molecule has 0 unspecified atom stereocenters. The summed E-state index contributed by atoms with van der Waals surface area (Å²) in [6.07, 6.45) is -0.326. The number of benzene rings is 2. The minimum atomic E-state index is -0.680. The number of ether oxygens (including phenoxy) is 1. The third-order valence-corrected chi connectivity index (χ3v) is 4.11. The summed E-state index contributed by atoms with van der Waals surface area (Å²) < 4.78 is 18.1. The van der Waals surface area contributed by atoms with E-state index in [0.29, 0.717) is 12.1 Å². The van der Waals surface area contributed by atoms with Crippen molar-refractivity contribution in [2.24, 2.45) is 5.16 Å². The smallest absolute Gasteiger partial charge is 0.264 e. The third kappa shape index (κ3) is 3.96. The molecule has 130 valence electrons. The van der Waals surface area contributed by atoms with Gasteiger partial charge < -0.3 is 14.9 Å². The largest absolute Gasteiger partial charge is 0.497 e. The zero-order chi connectivity index (χ0) is 17.8. The maximum absolute atomic E-state index is 13.0. The molecule has 3 rings (SSSR count). The predicted octanol–water partition coefficient (Wildman–Crippen LogP) is 3.20. The normalized spacial score (nSPS) is 17.4. The zero-order valence-electron chi connectivity index (χ0n) is 14.0. The van der Waals surface area contributed by atoms with Gasteiger partial charge in [0.1, 0.15) is 11.6 Å². The molecule has 0 saturated heterocycles. The SMILES string of the molecule is COc1ccc([C@H](C)NC(=O)[C@@H]2CC(c3ccc(F)cc3)=NO2)cc1. The Labute approximate surface area is 145 Å². The average Bonchev–Trinajstić information content (AvgIpc) is 3.12. The summed E-state index contributed by atoms with van der Waals surface area (Å²) in [6, 6.07) is 13.3. The number of hydrogen-bond donors (Lipinski definition) is 1. The van der Waals surface area contributed by atoms with E-state index >= 15 is 0 Å². The highest BCUT2D eigenvalue weighted by molar-refractivity contribution is 6.04. The molecule has 0 saturated carbocycles. The Kier molecular flexibility index (Phi) is 4.97. The van der Waals surface area contributed by atoms with Crippen molar-refractivity contribution in [1.29, 1.82) is 0 Å². The molecule has 0 spiro atoms. The average molecular weight is 342 g/mol. The minimum absolute atomic E-state index is 0.170. The maximum Gasteiger partial charge on any atom is 0.264 e. The van der Waals surface area contributed by atoms with Crippen molar-refractivity contribution in [3.63, 3.8) is 0 Å². The molecule has 2 atom stereocenters. The highest BCUT2D eigenvalue weighted by atomic mass is 19.1. The molecule has 0 fully saturated rings. The summed E-state index contributed by atoms with van der Waals surface area (Å²) in [5.74, 6) is 0.216. The molecule has 25 heavy (non-hydrogen) atoms. The molecule has 0 bridgehead atoms. The van der Waals surface area contributed by atoms with Crippen LogP contribution in [0, 0.1) is 5.82 Å². The highest BCUT2D eigenvalue weighted by Crippen LogP contribution is 2.20. The Morgan fingerprint density at radius 1 is 1.24 bits per heavy atom. The van der Waals surface area contributed by atoms with E-state index in [4.69, 9.17) is 9.57 Å². The van der Waals surface area contributed by atoms with Gasteiger partial charge in [0.2, 0.25) is 6.10 Å². The Hall–Kier alpha value is -2.89. The first-order valence-corrected chi connectivity index (χ1v) is 8.00. The standard InChI is InChI=1S/C19H19FN2O3/c1-12(13-5-9-16(24-2)10-6-13)21-19(23)18-11-17(22-25-18)14-3-7-15(20)8-4-14/h3-10,12,18H,11H2,1-2H3,(H,21,23)/t12-,18-/m0/s1. The van der Waals surface area contributed by atoms with Crippen LogP contribution in [0.3, 0.4) is 0 Å². The van der Waals surface area contributed by atoms with Gasteiger partial charge >= 0.3 is 0 Å². The second kappa shape index (κ2) is 7.34. The monoisotopic (exact) mass is 342 g/mol. The zero-order valence-corrected chi connectivity index (χ0v) is 14.0. The van der Waals surface area contributed by atoms with Crippen LogP contribution >= 0.6 is 0 Å². The van der Waals surface area contributed by atoms with Crippen LogP contribution in [0.25, 0.3) is 0 Å². The second-order valence-corrected chi connectivity index (χ2v) is 5.85. The van der Waals surface area contributed by atoms with E-state index in [1.807, 2.05) is 31.2 Å². The summed E-state index contributed by atoms with van der Waals surface area (Å²) in [5, 5.41) is 6.88. The third-order valence-electron chi connectivity index (χ3n) is 4.11. The number of rotatable bonds is 5. The van der Waals surface area contributed by atoms with Crippen LogP contribution in [-0.2, 0) is 9.63 Å². The van der Waals surface area contributed by atoms with Gasteiger partial charge in [0.05, 0.1) is 18.9 Å². The molecule has 6 heteroatoms. The summed E-state index contributed by atoms with van der Waals surface area (Å²) in [4.78, 5) is 17.6. The number of hydrogen-bond acceptors (Lipinski definition) is 4. The number of carbonyl (C=O) groups is 1. The predicted molar refractivity (Wildman–Crippen MR) is 92.0 cm³/mol. The lowest BCUT2D eigenvalue weighted by molar-refractivity contribution is -0.131. The van der Waals surface area contributed by atoms with Gasteiger partial charge in [-0.05, 0) is 42.3 Å². The van der Waals surface area contributed by atoms with Crippen LogP contribution in [0.5, 0.6) is 5.75 Å². The number of methoxy groups -OCH3 is 1. The molecule has 1 heterocycles. The summed E-state index contributed by atoms with van der Waals surface area (Å²) >= 11 is 0. The number of carbonyl (C=O) groups excluding carboxylic acids is 1. The molecule has 5 nitrogen and oxygen atoms in total. The quantitative estimate of drug-likeness (QED) is 0.908. The summed E-state index contributed by atoms with van der Waals surface area (Å²) in [6.45, 7) is 1.90. The molecule has 1 N–H and O–H groups in total. The number of oxime groups is 1. The van der Waals surface area contributed by atoms with Crippen LogP contribution in [0.4, 0.5) is 4.39 Å². The Balaban J connectivity index is 1.58. The van der Waals surface area contributed by atoms with Gasteiger partial charge in [-0.15, -0.1) is 0 Å². The first-order chi connectivity index (χ1) is 12.1. The first-order valence-electron chi connectivity index (χ1n) is 8.00. The van der Waals surface area contributed by atoms with E-state index in [0.717, 1.165) is 16.9 Å². The van der Waals surface area contributed by atoms with Crippen molar-refractivity contribution < 1.29 is 18.8 Å². The first kappa shape index (κ1) is 17.0.